The van der Waals surface area contributed by atoms with Crippen LogP contribution in [0.4, 0.5) is 0 Å². The van der Waals surface area contributed by atoms with E-state index < -0.39 is 8.32 Å². The molecule has 5 heteroatoms. The summed E-state index contributed by atoms with van der Waals surface area (Å²) >= 11 is 0. The van der Waals surface area contributed by atoms with Crippen molar-refractivity contribution in [1.29, 1.82) is 0 Å². The first-order chi connectivity index (χ1) is 14.5. The molecule has 31 heavy (non-hydrogen) atoms. The molecular formula is C26H44O4Si. The number of benzene rings is 1. The van der Waals surface area contributed by atoms with Crippen molar-refractivity contribution in [2.24, 2.45) is 11.8 Å². The number of rotatable bonds is 12. The van der Waals surface area contributed by atoms with Gasteiger partial charge in [-0.1, -0.05) is 45.7 Å². The first-order valence-electron chi connectivity index (χ1n) is 11.3. The van der Waals surface area contributed by atoms with Crippen LogP contribution in [0.3, 0.4) is 0 Å². The molecule has 0 aliphatic rings. The Hall–Kier alpha value is -1.32. The van der Waals surface area contributed by atoms with E-state index in [1.165, 1.54) is 0 Å². The maximum Gasteiger partial charge on any atom is 0.192 e. The van der Waals surface area contributed by atoms with E-state index in [0.29, 0.717) is 13.2 Å². The van der Waals surface area contributed by atoms with Crippen molar-refractivity contribution in [3.8, 4) is 17.6 Å². The first kappa shape index (κ1) is 27.7. The fraction of sp³-hybridized carbons (Fsp3) is 0.692. The molecule has 0 saturated carbocycles. The van der Waals surface area contributed by atoms with Crippen molar-refractivity contribution in [1.82, 2.24) is 0 Å². The van der Waals surface area contributed by atoms with Crippen LogP contribution in [0.1, 0.15) is 53.5 Å². The third kappa shape index (κ3) is 8.61. The zero-order chi connectivity index (χ0) is 23.7. The van der Waals surface area contributed by atoms with Gasteiger partial charge in [0.1, 0.15) is 5.75 Å². The van der Waals surface area contributed by atoms with Gasteiger partial charge in [0.05, 0.1) is 25.9 Å². The standard InChI is InChI=1S/C26H44O4Si/c1-11-12-20(2)25(30-31(9,10)26(4,5)6)21(3)24(28-8)17-18-29-19-22-13-15-23(27-7)16-14-22/h13-16,20-21,24-25H,17-19H2,1-10H3/t20-,21-,24-,25+/m1/s1. The van der Waals surface area contributed by atoms with E-state index in [4.69, 9.17) is 18.6 Å². The fourth-order valence-electron chi connectivity index (χ4n) is 3.41. The molecule has 0 amide bonds. The molecule has 1 aromatic rings. The Morgan fingerprint density at radius 1 is 1.03 bits per heavy atom. The molecule has 0 aliphatic heterocycles. The van der Waals surface area contributed by atoms with E-state index in [0.717, 1.165) is 17.7 Å². The van der Waals surface area contributed by atoms with E-state index in [9.17, 15) is 0 Å². The molecule has 0 radical (unpaired) electrons. The van der Waals surface area contributed by atoms with Crippen molar-refractivity contribution in [3.63, 3.8) is 0 Å². The summed E-state index contributed by atoms with van der Waals surface area (Å²) in [6, 6.07) is 7.97. The maximum absolute atomic E-state index is 6.86. The summed E-state index contributed by atoms with van der Waals surface area (Å²) in [6.45, 7) is 18.9. The molecule has 176 valence electrons. The van der Waals surface area contributed by atoms with Crippen LogP contribution in [0.2, 0.25) is 18.1 Å². The average molecular weight is 449 g/mol. The quantitative estimate of drug-likeness (QED) is 0.213. The molecule has 0 heterocycles. The smallest absolute Gasteiger partial charge is 0.192 e. The van der Waals surface area contributed by atoms with Crippen molar-refractivity contribution < 1.29 is 18.6 Å². The van der Waals surface area contributed by atoms with E-state index in [1.807, 2.05) is 31.2 Å². The van der Waals surface area contributed by atoms with Crippen LogP contribution in [0.15, 0.2) is 24.3 Å². The molecule has 4 atom stereocenters. The lowest BCUT2D eigenvalue weighted by Crippen LogP contribution is -2.49. The summed E-state index contributed by atoms with van der Waals surface area (Å²) in [5.74, 6) is 7.61. The minimum Gasteiger partial charge on any atom is -0.497 e. The van der Waals surface area contributed by atoms with Crippen LogP contribution >= 0.6 is 0 Å². The van der Waals surface area contributed by atoms with Gasteiger partial charge < -0.3 is 18.6 Å². The predicted molar refractivity (Wildman–Crippen MR) is 132 cm³/mol. The highest BCUT2D eigenvalue weighted by Crippen LogP contribution is 2.39. The topological polar surface area (TPSA) is 36.9 Å². The Balaban J connectivity index is 2.77. The highest BCUT2D eigenvalue weighted by Gasteiger charge is 2.42. The Morgan fingerprint density at radius 3 is 2.13 bits per heavy atom. The van der Waals surface area contributed by atoms with Gasteiger partial charge in [-0.3, -0.25) is 0 Å². The predicted octanol–water partition coefficient (Wildman–Crippen LogP) is 6.30. The van der Waals surface area contributed by atoms with Crippen molar-refractivity contribution >= 4 is 8.32 Å². The average Bonchev–Trinajstić information content (AvgIpc) is 2.71. The van der Waals surface area contributed by atoms with E-state index in [2.05, 4.69) is 59.6 Å². The molecule has 0 aliphatic carbocycles. The molecule has 0 bridgehead atoms. The molecule has 0 saturated heterocycles. The molecular weight excluding hydrogens is 404 g/mol. The van der Waals surface area contributed by atoms with Crippen LogP contribution in [0.5, 0.6) is 5.75 Å². The van der Waals surface area contributed by atoms with Gasteiger partial charge in [-0.15, -0.1) is 5.92 Å². The second-order valence-electron chi connectivity index (χ2n) is 9.85. The third-order valence-electron chi connectivity index (χ3n) is 6.48. The van der Waals surface area contributed by atoms with Gasteiger partial charge in [0.2, 0.25) is 0 Å². The van der Waals surface area contributed by atoms with Crippen molar-refractivity contribution in [2.75, 3.05) is 20.8 Å². The van der Waals surface area contributed by atoms with Gasteiger partial charge >= 0.3 is 0 Å². The Bertz CT molecular complexity index is 697. The Labute approximate surface area is 192 Å². The van der Waals surface area contributed by atoms with Crippen molar-refractivity contribution in [3.05, 3.63) is 29.8 Å². The molecule has 0 fully saturated rings. The Morgan fingerprint density at radius 2 is 1.65 bits per heavy atom. The molecule has 1 aromatic carbocycles. The summed E-state index contributed by atoms with van der Waals surface area (Å²) in [5.41, 5.74) is 1.13. The van der Waals surface area contributed by atoms with Crippen LogP contribution in [-0.4, -0.2) is 41.4 Å². The van der Waals surface area contributed by atoms with Gasteiger partial charge in [-0.2, -0.15) is 0 Å². The minimum atomic E-state index is -1.94. The fourth-order valence-corrected chi connectivity index (χ4v) is 4.86. The van der Waals surface area contributed by atoms with E-state index in [1.54, 1.807) is 14.2 Å². The third-order valence-corrected chi connectivity index (χ3v) is 11.0. The van der Waals surface area contributed by atoms with Gasteiger partial charge in [-0.05, 0) is 56.1 Å². The van der Waals surface area contributed by atoms with E-state index in [-0.39, 0.29) is 29.1 Å². The summed E-state index contributed by atoms with van der Waals surface area (Å²) < 4.78 is 23.9. The lowest BCUT2D eigenvalue weighted by atomic mass is 9.88. The van der Waals surface area contributed by atoms with Crippen molar-refractivity contribution in [2.45, 2.75) is 84.9 Å². The van der Waals surface area contributed by atoms with Crippen LogP contribution in [-0.2, 0) is 20.5 Å². The normalized spacial score (nSPS) is 16.1. The summed E-state index contributed by atoms with van der Waals surface area (Å²) in [7, 11) is 1.52. The second-order valence-corrected chi connectivity index (χ2v) is 14.6. The number of methoxy groups -OCH3 is 2. The highest BCUT2D eigenvalue weighted by atomic mass is 28.4. The summed E-state index contributed by atoms with van der Waals surface area (Å²) in [6.07, 6.45) is 0.892. The zero-order valence-corrected chi connectivity index (χ0v) is 22.4. The number of ether oxygens (including phenoxy) is 3. The molecule has 4 nitrogen and oxygen atoms in total. The minimum absolute atomic E-state index is 0.0277. The van der Waals surface area contributed by atoms with Crippen LogP contribution in [0.25, 0.3) is 0 Å². The lowest BCUT2D eigenvalue weighted by Gasteiger charge is -2.43. The van der Waals surface area contributed by atoms with Gasteiger partial charge in [0, 0.05) is 25.6 Å². The largest absolute Gasteiger partial charge is 0.497 e. The van der Waals surface area contributed by atoms with Gasteiger partial charge in [0.15, 0.2) is 8.32 Å². The van der Waals surface area contributed by atoms with Gasteiger partial charge in [-0.25, -0.2) is 0 Å². The molecule has 0 aromatic heterocycles. The molecule has 0 N–H and O–H groups in total. The monoisotopic (exact) mass is 448 g/mol. The number of hydrogen-bond acceptors (Lipinski definition) is 4. The molecule has 0 unspecified atom stereocenters. The highest BCUT2D eigenvalue weighted by molar-refractivity contribution is 6.74. The van der Waals surface area contributed by atoms with Crippen LogP contribution < -0.4 is 4.74 Å². The summed E-state index contributed by atoms with van der Waals surface area (Å²) in [5, 5.41) is 0.147. The lowest BCUT2D eigenvalue weighted by molar-refractivity contribution is -0.0304. The second kappa shape index (κ2) is 12.6. The van der Waals surface area contributed by atoms with Crippen LogP contribution in [0, 0.1) is 23.7 Å². The zero-order valence-electron chi connectivity index (χ0n) is 21.4. The van der Waals surface area contributed by atoms with E-state index >= 15 is 0 Å². The Kier molecular flexibility index (Phi) is 11.3. The molecule has 1 rings (SSSR count). The van der Waals surface area contributed by atoms with Gasteiger partial charge in [0.25, 0.3) is 0 Å². The number of hydrogen-bond donors (Lipinski definition) is 0. The SMILES string of the molecule is CC#C[C@@H](C)[C@H](O[Si](C)(C)C(C)(C)C)[C@H](C)[C@@H](CCOCc1ccc(OC)cc1)OC. The summed E-state index contributed by atoms with van der Waals surface area (Å²) in [4.78, 5) is 0. The molecule has 0 spiro atoms. The maximum atomic E-state index is 6.86. The first-order valence-corrected chi connectivity index (χ1v) is 14.2.